The van der Waals surface area contributed by atoms with E-state index in [1.54, 1.807) is 0 Å². The van der Waals surface area contributed by atoms with Gasteiger partial charge in [-0.05, 0) is 18.2 Å². The van der Waals surface area contributed by atoms with Gasteiger partial charge in [-0.3, -0.25) is 4.79 Å². The van der Waals surface area contributed by atoms with E-state index in [1.807, 2.05) is 0 Å². The monoisotopic (exact) mass is 371 g/mol. The Labute approximate surface area is 148 Å². The highest BCUT2D eigenvalue weighted by molar-refractivity contribution is 5.88. The van der Waals surface area contributed by atoms with Crippen molar-refractivity contribution < 1.29 is 44.2 Å². The molecule has 144 valence electrons. The number of carboxylic acids is 1. The van der Waals surface area contributed by atoms with Crippen molar-refractivity contribution in [2.45, 2.75) is 37.6 Å². The molecule has 26 heavy (non-hydrogen) atoms. The second kappa shape index (κ2) is 8.32. The van der Waals surface area contributed by atoms with Crippen molar-refractivity contribution in [2.24, 2.45) is 0 Å². The molecule has 10 heteroatoms. The van der Waals surface area contributed by atoms with Crippen LogP contribution in [0.4, 0.5) is 0 Å². The third-order valence-electron chi connectivity index (χ3n) is 3.90. The number of benzene rings is 1. The number of nitrogens with one attached hydrogen (secondary N) is 1. The predicted octanol–water partition coefficient (Wildman–Crippen LogP) is -1.28. The zero-order chi connectivity index (χ0) is 19.4. The molecule has 0 radical (unpaired) electrons. The number of hydrogen-bond acceptors (Lipinski definition) is 8. The summed E-state index contributed by atoms with van der Waals surface area (Å²) in [4.78, 5) is 22.4. The number of ether oxygens (including phenoxy) is 3. The maximum absolute atomic E-state index is 11.4. The first kappa shape index (κ1) is 19.9. The van der Waals surface area contributed by atoms with Crippen LogP contribution in [-0.4, -0.2) is 76.7 Å². The van der Waals surface area contributed by atoms with Gasteiger partial charge in [0.05, 0.1) is 19.3 Å². The summed E-state index contributed by atoms with van der Waals surface area (Å²) in [6.07, 6.45) is -5.30. The molecule has 0 bridgehead atoms. The minimum atomic E-state index is -1.46. The van der Waals surface area contributed by atoms with E-state index < -0.39 is 49.1 Å². The first-order valence-electron chi connectivity index (χ1n) is 7.76. The lowest BCUT2D eigenvalue weighted by atomic mass is 9.97. The van der Waals surface area contributed by atoms with Crippen LogP contribution >= 0.6 is 0 Å². The van der Waals surface area contributed by atoms with Crippen molar-refractivity contribution in [1.82, 2.24) is 5.32 Å². The number of aliphatic hydroxyl groups is 3. The SMILES string of the molecule is COc1cc(C(=O)O)ccc1O[C@@H]1O[C@H](CO)[C@H](O)[C@@H](O)[C@H]1NC(C)=O. The molecule has 5 N–H and O–H groups in total. The van der Waals surface area contributed by atoms with Crippen LogP contribution in [0, 0.1) is 0 Å². The summed E-state index contributed by atoms with van der Waals surface area (Å²) < 4.78 is 16.2. The van der Waals surface area contributed by atoms with Crippen molar-refractivity contribution in [2.75, 3.05) is 13.7 Å². The van der Waals surface area contributed by atoms with Crippen LogP contribution in [-0.2, 0) is 9.53 Å². The van der Waals surface area contributed by atoms with Gasteiger partial charge in [0.2, 0.25) is 12.2 Å². The van der Waals surface area contributed by atoms with Gasteiger partial charge in [-0.2, -0.15) is 0 Å². The van der Waals surface area contributed by atoms with Crippen molar-refractivity contribution in [3.8, 4) is 11.5 Å². The Hall–Kier alpha value is -2.40. The molecular formula is C16H21NO9. The second-order valence-electron chi connectivity index (χ2n) is 5.72. The molecule has 1 fully saturated rings. The van der Waals surface area contributed by atoms with E-state index in [1.165, 1.54) is 32.2 Å². The van der Waals surface area contributed by atoms with Crippen molar-refractivity contribution in [3.05, 3.63) is 23.8 Å². The zero-order valence-electron chi connectivity index (χ0n) is 14.2. The number of carbonyl (C=O) groups excluding carboxylic acids is 1. The van der Waals surface area contributed by atoms with Gasteiger partial charge in [-0.25, -0.2) is 4.79 Å². The molecule has 1 heterocycles. The summed E-state index contributed by atoms with van der Waals surface area (Å²) in [7, 11) is 1.32. The minimum Gasteiger partial charge on any atom is -0.493 e. The Bertz CT molecular complexity index is 665. The summed E-state index contributed by atoms with van der Waals surface area (Å²) >= 11 is 0. The Morgan fingerprint density at radius 1 is 1.23 bits per heavy atom. The van der Waals surface area contributed by atoms with Crippen molar-refractivity contribution in [1.29, 1.82) is 0 Å². The minimum absolute atomic E-state index is 0.0270. The largest absolute Gasteiger partial charge is 0.493 e. The molecule has 10 nitrogen and oxygen atoms in total. The average molecular weight is 371 g/mol. The molecule has 1 aliphatic heterocycles. The fourth-order valence-corrected chi connectivity index (χ4v) is 2.59. The molecular weight excluding hydrogens is 350 g/mol. The van der Waals surface area contributed by atoms with Crippen LogP contribution < -0.4 is 14.8 Å². The van der Waals surface area contributed by atoms with E-state index >= 15 is 0 Å². The number of aromatic carboxylic acids is 1. The van der Waals surface area contributed by atoms with Crippen LogP contribution in [0.25, 0.3) is 0 Å². The number of carboxylic acid groups (broad SMARTS) is 1. The molecule has 5 atom stereocenters. The first-order chi connectivity index (χ1) is 12.3. The molecule has 1 aromatic rings. The summed E-state index contributed by atoms with van der Waals surface area (Å²) in [6, 6.07) is 2.73. The highest BCUT2D eigenvalue weighted by atomic mass is 16.7. The second-order valence-corrected chi connectivity index (χ2v) is 5.72. The quantitative estimate of drug-likeness (QED) is 0.411. The molecule has 0 aliphatic carbocycles. The predicted molar refractivity (Wildman–Crippen MR) is 85.9 cm³/mol. The number of carbonyl (C=O) groups is 2. The van der Waals surface area contributed by atoms with Crippen LogP contribution in [0.2, 0.25) is 0 Å². The molecule has 1 aliphatic rings. The highest BCUT2D eigenvalue weighted by Crippen LogP contribution is 2.32. The van der Waals surface area contributed by atoms with Gasteiger partial charge < -0.3 is 40.0 Å². The summed E-state index contributed by atoms with van der Waals surface area (Å²) in [5.41, 5.74) is -0.0270. The number of amides is 1. The number of hydrogen-bond donors (Lipinski definition) is 5. The van der Waals surface area contributed by atoms with E-state index in [-0.39, 0.29) is 17.1 Å². The third kappa shape index (κ3) is 4.22. The van der Waals surface area contributed by atoms with E-state index in [0.717, 1.165) is 0 Å². The standard InChI is InChI=1S/C16H21NO9/c1-7(19)17-12-14(21)13(20)11(6-18)26-16(12)25-9-4-3-8(15(22)23)5-10(9)24-2/h3-5,11-14,16,18,20-21H,6H2,1-2H3,(H,17,19)(H,22,23)/t11-,12-,13+,14+,16-/m1/s1. The first-order valence-corrected chi connectivity index (χ1v) is 7.76. The summed E-state index contributed by atoms with van der Waals surface area (Å²) in [5, 5.41) is 41.0. The highest BCUT2D eigenvalue weighted by Gasteiger charge is 2.46. The average Bonchev–Trinajstić information content (AvgIpc) is 2.60. The van der Waals surface area contributed by atoms with E-state index in [0.29, 0.717) is 0 Å². The van der Waals surface area contributed by atoms with Gasteiger partial charge in [0.1, 0.15) is 24.4 Å². The lowest BCUT2D eigenvalue weighted by Crippen LogP contribution is -2.65. The maximum atomic E-state index is 11.4. The van der Waals surface area contributed by atoms with Crippen molar-refractivity contribution >= 4 is 11.9 Å². The molecule has 1 saturated heterocycles. The number of rotatable bonds is 6. The van der Waals surface area contributed by atoms with Crippen LogP contribution in [0.15, 0.2) is 18.2 Å². The Morgan fingerprint density at radius 3 is 2.46 bits per heavy atom. The fraction of sp³-hybridized carbons (Fsp3) is 0.500. The topological polar surface area (TPSA) is 155 Å². The molecule has 0 unspecified atom stereocenters. The Kier molecular flexibility index (Phi) is 6.37. The normalized spacial score (nSPS) is 28.3. The number of methoxy groups -OCH3 is 1. The molecule has 1 amide bonds. The molecule has 0 spiro atoms. The summed E-state index contributed by atoms with van der Waals surface area (Å²) in [5.74, 6) is -1.46. The molecule has 2 rings (SSSR count). The van der Waals surface area contributed by atoms with E-state index in [2.05, 4.69) is 5.32 Å². The molecule has 0 aromatic heterocycles. The van der Waals surface area contributed by atoms with Crippen LogP contribution in [0.1, 0.15) is 17.3 Å². The van der Waals surface area contributed by atoms with E-state index in [4.69, 9.17) is 19.3 Å². The summed E-state index contributed by atoms with van der Waals surface area (Å²) in [6.45, 7) is 0.635. The van der Waals surface area contributed by atoms with Crippen molar-refractivity contribution in [3.63, 3.8) is 0 Å². The maximum Gasteiger partial charge on any atom is 0.335 e. The van der Waals surface area contributed by atoms with Gasteiger partial charge in [0, 0.05) is 6.92 Å². The lowest BCUT2D eigenvalue weighted by molar-refractivity contribution is -0.244. The Morgan fingerprint density at radius 2 is 1.92 bits per heavy atom. The molecule has 1 aromatic carbocycles. The molecule has 0 saturated carbocycles. The fourth-order valence-electron chi connectivity index (χ4n) is 2.59. The van der Waals surface area contributed by atoms with Crippen LogP contribution in [0.3, 0.4) is 0 Å². The zero-order valence-corrected chi connectivity index (χ0v) is 14.2. The Balaban J connectivity index is 2.31. The number of aliphatic hydroxyl groups excluding tert-OH is 3. The van der Waals surface area contributed by atoms with E-state index in [9.17, 15) is 24.9 Å². The van der Waals surface area contributed by atoms with Gasteiger partial charge in [-0.1, -0.05) is 0 Å². The van der Waals surface area contributed by atoms with Gasteiger partial charge in [-0.15, -0.1) is 0 Å². The van der Waals surface area contributed by atoms with Gasteiger partial charge in [0.15, 0.2) is 11.5 Å². The third-order valence-corrected chi connectivity index (χ3v) is 3.90. The van der Waals surface area contributed by atoms with Gasteiger partial charge in [0.25, 0.3) is 0 Å². The van der Waals surface area contributed by atoms with Gasteiger partial charge >= 0.3 is 5.97 Å². The lowest BCUT2D eigenvalue weighted by Gasteiger charge is -2.42. The smallest absolute Gasteiger partial charge is 0.335 e. The van der Waals surface area contributed by atoms with Crippen LogP contribution in [0.5, 0.6) is 11.5 Å².